The number of nitrogens with zero attached hydrogens (tertiary/aromatic N) is 2. The SMILES string of the molecule is COc1cccc(CN2C(=O)Cc3c(Cl)nc4ccccc4c32)c1. The van der Waals surface area contributed by atoms with Gasteiger partial charge in [0.1, 0.15) is 10.9 Å². The summed E-state index contributed by atoms with van der Waals surface area (Å²) in [5.74, 6) is 0.810. The maximum atomic E-state index is 12.6. The van der Waals surface area contributed by atoms with Gasteiger partial charge in [-0.15, -0.1) is 0 Å². The third-order valence-electron chi connectivity index (χ3n) is 4.29. The molecular formula is C19H15ClN2O2. The van der Waals surface area contributed by atoms with Crippen LogP contribution in [0.1, 0.15) is 11.1 Å². The first-order valence-corrected chi connectivity index (χ1v) is 8.05. The highest BCUT2D eigenvalue weighted by Crippen LogP contribution is 2.40. The molecule has 0 unspecified atom stereocenters. The highest BCUT2D eigenvalue weighted by molar-refractivity contribution is 6.32. The van der Waals surface area contributed by atoms with Crippen LogP contribution in [0.4, 0.5) is 5.69 Å². The molecule has 1 aliphatic rings. The van der Waals surface area contributed by atoms with Crippen molar-refractivity contribution in [1.82, 2.24) is 4.98 Å². The van der Waals surface area contributed by atoms with Crippen LogP contribution < -0.4 is 9.64 Å². The van der Waals surface area contributed by atoms with Crippen molar-refractivity contribution in [3.05, 3.63) is 64.8 Å². The molecular weight excluding hydrogens is 324 g/mol. The number of methoxy groups -OCH3 is 1. The second-order valence-corrected chi connectivity index (χ2v) is 6.11. The van der Waals surface area contributed by atoms with Crippen LogP contribution in [-0.4, -0.2) is 18.0 Å². The first-order chi connectivity index (χ1) is 11.7. The predicted octanol–water partition coefficient (Wildman–Crippen LogP) is 3.99. The number of carbonyl (C=O) groups is 1. The molecule has 120 valence electrons. The van der Waals surface area contributed by atoms with E-state index in [1.807, 2.05) is 48.5 Å². The largest absolute Gasteiger partial charge is 0.497 e. The van der Waals surface area contributed by atoms with Crippen LogP contribution in [0.2, 0.25) is 5.15 Å². The van der Waals surface area contributed by atoms with Crippen molar-refractivity contribution in [2.45, 2.75) is 13.0 Å². The fraction of sp³-hybridized carbons (Fsp3) is 0.158. The van der Waals surface area contributed by atoms with Crippen molar-refractivity contribution in [3.8, 4) is 5.75 Å². The molecule has 4 rings (SSSR count). The molecule has 0 atom stereocenters. The fourth-order valence-electron chi connectivity index (χ4n) is 3.16. The number of amides is 1. The number of anilines is 1. The molecule has 0 saturated carbocycles. The van der Waals surface area contributed by atoms with Gasteiger partial charge in [0.25, 0.3) is 0 Å². The molecule has 0 bridgehead atoms. The predicted molar refractivity (Wildman–Crippen MR) is 94.6 cm³/mol. The number of pyridine rings is 1. The van der Waals surface area contributed by atoms with E-state index < -0.39 is 0 Å². The number of aromatic nitrogens is 1. The van der Waals surface area contributed by atoms with Crippen LogP contribution in [0, 0.1) is 0 Å². The smallest absolute Gasteiger partial charge is 0.231 e. The van der Waals surface area contributed by atoms with E-state index in [0.717, 1.165) is 33.5 Å². The number of fused-ring (bicyclic) bond motifs is 3. The second kappa shape index (κ2) is 5.80. The number of hydrogen-bond acceptors (Lipinski definition) is 3. The van der Waals surface area contributed by atoms with Gasteiger partial charge in [0.05, 0.1) is 31.3 Å². The third-order valence-corrected chi connectivity index (χ3v) is 4.60. The van der Waals surface area contributed by atoms with Crippen LogP contribution in [0.5, 0.6) is 5.75 Å². The molecule has 1 aromatic heterocycles. The van der Waals surface area contributed by atoms with Gasteiger partial charge in [-0.3, -0.25) is 4.79 Å². The number of halogens is 1. The number of benzene rings is 2. The fourth-order valence-corrected chi connectivity index (χ4v) is 3.41. The highest BCUT2D eigenvalue weighted by Gasteiger charge is 2.32. The van der Waals surface area contributed by atoms with Gasteiger partial charge in [-0.05, 0) is 23.8 Å². The molecule has 2 heterocycles. The summed E-state index contributed by atoms with van der Waals surface area (Å²) in [5.41, 5.74) is 3.49. The van der Waals surface area contributed by atoms with Crippen molar-refractivity contribution < 1.29 is 9.53 Å². The van der Waals surface area contributed by atoms with Gasteiger partial charge in [-0.25, -0.2) is 4.98 Å². The minimum absolute atomic E-state index is 0.0351. The van der Waals surface area contributed by atoms with Crippen LogP contribution in [-0.2, 0) is 17.8 Å². The Bertz CT molecular complexity index is 955. The standard InChI is InChI=1S/C19H15ClN2O2/c1-24-13-6-4-5-12(9-13)11-22-17(23)10-15-18(22)14-7-2-3-8-16(14)21-19(15)20/h2-9H,10-11H2,1H3. The summed E-state index contributed by atoms with van der Waals surface area (Å²) in [6.45, 7) is 0.480. The zero-order valence-electron chi connectivity index (χ0n) is 13.1. The molecule has 4 nitrogen and oxygen atoms in total. The van der Waals surface area contributed by atoms with Gasteiger partial charge in [0.15, 0.2) is 0 Å². The maximum absolute atomic E-state index is 12.6. The number of hydrogen-bond donors (Lipinski definition) is 0. The lowest BCUT2D eigenvalue weighted by molar-refractivity contribution is -0.117. The molecule has 1 aliphatic heterocycles. The molecule has 0 aliphatic carbocycles. The van der Waals surface area contributed by atoms with Crippen molar-refractivity contribution >= 4 is 34.1 Å². The Morgan fingerprint density at radius 2 is 2.04 bits per heavy atom. The number of ether oxygens (including phenoxy) is 1. The molecule has 5 heteroatoms. The normalized spacial score (nSPS) is 13.4. The molecule has 0 fully saturated rings. The first-order valence-electron chi connectivity index (χ1n) is 7.68. The van der Waals surface area contributed by atoms with Crippen LogP contribution in [0.25, 0.3) is 10.9 Å². The average molecular weight is 339 g/mol. The van der Waals surface area contributed by atoms with E-state index in [4.69, 9.17) is 16.3 Å². The summed E-state index contributed by atoms with van der Waals surface area (Å²) >= 11 is 6.32. The zero-order valence-corrected chi connectivity index (χ0v) is 13.9. The second-order valence-electron chi connectivity index (χ2n) is 5.76. The van der Waals surface area contributed by atoms with E-state index >= 15 is 0 Å². The molecule has 0 N–H and O–H groups in total. The maximum Gasteiger partial charge on any atom is 0.231 e. The lowest BCUT2D eigenvalue weighted by Crippen LogP contribution is -2.26. The Labute approximate surface area is 144 Å². The Morgan fingerprint density at radius 1 is 1.21 bits per heavy atom. The highest BCUT2D eigenvalue weighted by atomic mass is 35.5. The summed E-state index contributed by atoms with van der Waals surface area (Å²) in [6, 6.07) is 15.5. The molecule has 1 amide bonds. The molecule has 0 spiro atoms. The zero-order chi connectivity index (χ0) is 16.7. The lowest BCUT2D eigenvalue weighted by atomic mass is 10.1. The minimum atomic E-state index is 0.0351. The Hall–Kier alpha value is -2.59. The Morgan fingerprint density at radius 3 is 2.88 bits per heavy atom. The van der Waals surface area contributed by atoms with Crippen LogP contribution in [0.3, 0.4) is 0 Å². The van der Waals surface area contributed by atoms with Crippen molar-refractivity contribution in [3.63, 3.8) is 0 Å². The molecule has 0 radical (unpaired) electrons. The van der Waals surface area contributed by atoms with Gasteiger partial charge in [0.2, 0.25) is 5.91 Å². The van der Waals surface area contributed by atoms with Crippen LogP contribution >= 0.6 is 11.6 Å². The molecule has 2 aromatic carbocycles. The lowest BCUT2D eigenvalue weighted by Gasteiger charge is -2.20. The van der Waals surface area contributed by atoms with E-state index in [0.29, 0.717) is 11.7 Å². The van der Waals surface area contributed by atoms with Crippen molar-refractivity contribution in [2.75, 3.05) is 12.0 Å². The van der Waals surface area contributed by atoms with E-state index in [1.165, 1.54) is 0 Å². The summed E-state index contributed by atoms with van der Waals surface area (Å²) in [5, 5.41) is 1.36. The summed E-state index contributed by atoms with van der Waals surface area (Å²) in [6.07, 6.45) is 0.288. The van der Waals surface area contributed by atoms with Gasteiger partial charge in [-0.1, -0.05) is 41.9 Å². The summed E-state index contributed by atoms with van der Waals surface area (Å²) in [7, 11) is 1.63. The number of carbonyl (C=O) groups excluding carboxylic acids is 1. The quantitative estimate of drug-likeness (QED) is 0.678. The monoisotopic (exact) mass is 338 g/mol. The molecule has 3 aromatic rings. The van der Waals surface area contributed by atoms with E-state index in [2.05, 4.69) is 4.98 Å². The van der Waals surface area contributed by atoms with Crippen LogP contribution in [0.15, 0.2) is 48.5 Å². The van der Waals surface area contributed by atoms with Gasteiger partial charge in [-0.2, -0.15) is 0 Å². The van der Waals surface area contributed by atoms with Crippen molar-refractivity contribution in [2.24, 2.45) is 0 Å². The van der Waals surface area contributed by atoms with E-state index in [9.17, 15) is 4.79 Å². The van der Waals surface area contributed by atoms with E-state index in [-0.39, 0.29) is 12.3 Å². The molecule has 0 saturated heterocycles. The number of para-hydroxylation sites is 1. The summed E-state index contributed by atoms with van der Waals surface area (Å²) < 4.78 is 5.27. The topological polar surface area (TPSA) is 42.4 Å². The Kier molecular flexibility index (Phi) is 3.62. The van der Waals surface area contributed by atoms with Gasteiger partial charge in [0, 0.05) is 10.9 Å². The van der Waals surface area contributed by atoms with Gasteiger partial charge >= 0.3 is 0 Å². The summed E-state index contributed by atoms with van der Waals surface area (Å²) in [4.78, 5) is 18.8. The van der Waals surface area contributed by atoms with Gasteiger partial charge < -0.3 is 9.64 Å². The molecule has 24 heavy (non-hydrogen) atoms. The first kappa shape index (κ1) is 15.0. The van der Waals surface area contributed by atoms with Crippen molar-refractivity contribution in [1.29, 1.82) is 0 Å². The Balaban J connectivity index is 1.83. The number of rotatable bonds is 3. The third kappa shape index (κ3) is 2.39. The minimum Gasteiger partial charge on any atom is -0.497 e. The van der Waals surface area contributed by atoms with E-state index in [1.54, 1.807) is 12.0 Å². The average Bonchev–Trinajstić information content (AvgIpc) is 2.93.